The van der Waals surface area contributed by atoms with Gasteiger partial charge in [-0.15, -0.1) is 0 Å². The molecule has 0 spiro atoms. The third kappa shape index (κ3) is 2.07. The Labute approximate surface area is 83.8 Å². The summed E-state index contributed by atoms with van der Waals surface area (Å²) in [5.74, 6) is 0.0750. The Bertz CT molecular complexity index is 324. The van der Waals surface area contributed by atoms with E-state index in [4.69, 9.17) is 9.25 Å². The van der Waals surface area contributed by atoms with Gasteiger partial charge in [0.15, 0.2) is 11.6 Å². The third-order valence-electron chi connectivity index (χ3n) is 1.46. The number of nitrogens with zero attached hydrogens (tertiary/aromatic N) is 2. The third-order valence-corrected chi connectivity index (χ3v) is 1.99. The van der Waals surface area contributed by atoms with Gasteiger partial charge in [-0.2, -0.15) is 0 Å². The van der Waals surface area contributed by atoms with Gasteiger partial charge in [-0.1, -0.05) is 0 Å². The first-order valence-electron chi connectivity index (χ1n) is 3.51. The van der Waals surface area contributed by atoms with Gasteiger partial charge in [0.05, 0.1) is 7.11 Å². The van der Waals surface area contributed by atoms with Crippen LogP contribution in [0.5, 0.6) is 0 Å². The van der Waals surface area contributed by atoms with Crippen molar-refractivity contribution in [3.63, 3.8) is 0 Å². The van der Waals surface area contributed by atoms with Crippen molar-refractivity contribution in [1.82, 2.24) is 10.0 Å². The Morgan fingerprint density at radius 2 is 2.31 bits per heavy atom. The Balaban J connectivity index is 2.94. The van der Waals surface area contributed by atoms with Crippen molar-refractivity contribution in [2.45, 2.75) is 6.92 Å². The van der Waals surface area contributed by atoms with Gasteiger partial charge >= 0.3 is 0 Å². The standard InChI is InChI=1S/C7H9BrN2O3/c1-4-9-5(6(8)13-4)7(11)10(2)12-3/h1-3H3. The zero-order valence-electron chi connectivity index (χ0n) is 7.50. The van der Waals surface area contributed by atoms with E-state index in [1.54, 1.807) is 6.92 Å². The van der Waals surface area contributed by atoms with Gasteiger partial charge in [0.1, 0.15) is 0 Å². The van der Waals surface area contributed by atoms with Crippen LogP contribution in [0, 0.1) is 6.92 Å². The lowest BCUT2D eigenvalue weighted by molar-refractivity contribution is -0.0761. The van der Waals surface area contributed by atoms with E-state index in [-0.39, 0.29) is 11.6 Å². The molecular formula is C7H9BrN2O3. The second kappa shape index (κ2) is 3.89. The van der Waals surface area contributed by atoms with Crippen LogP contribution in [0.4, 0.5) is 0 Å². The Hall–Kier alpha value is -0.880. The largest absolute Gasteiger partial charge is 0.433 e. The van der Waals surface area contributed by atoms with Crippen molar-refractivity contribution < 1.29 is 14.0 Å². The topological polar surface area (TPSA) is 55.6 Å². The molecule has 1 aromatic heterocycles. The Kier molecular flexibility index (Phi) is 3.05. The number of halogens is 1. The molecule has 1 rings (SSSR count). The molecule has 0 aliphatic carbocycles. The normalized spacial score (nSPS) is 10.2. The first-order chi connectivity index (χ1) is 6.06. The molecule has 0 N–H and O–H groups in total. The van der Waals surface area contributed by atoms with Crippen LogP contribution < -0.4 is 0 Å². The number of hydrogen-bond donors (Lipinski definition) is 0. The lowest BCUT2D eigenvalue weighted by Gasteiger charge is -2.10. The summed E-state index contributed by atoms with van der Waals surface area (Å²) in [5.41, 5.74) is 0.210. The molecule has 0 unspecified atom stereocenters. The average Bonchev–Trinajstić information content (AvgIpc) is 2.42. The number of rotatable bonds is 2. The molecule has 1 amide bonds. The minimum absolute atomic E-state index is 0.210. The molecule has 0 saturated heterocycles. The molecule has 0 bridgehead atoms. The van der Waals surface area contributed by atoms with Crippen LogP contribution in [0.3, 0.4) is 0 Å². The van der Waals surface area contributed by atoms with Crippen LogP contribution in [0.25, 0.3) is 0 Å². The molecule has 0 fully saturated rings. The summed E-state index contributed by atoms with van der Waals surface area (Å²) in [6.07, 6.45) is 0. The van der Waals surface area contributed by atoms with Gasteiger partial charge in [-0.05, 0) is 15.9 Å². The van der Waals surface area contributed by atoms with E-state index in [1.807, 2.05) is 0 Å². The summed E-state index contributed by atoms with van der Waals surface area (Å²) in [6.45, 7) is 1.66. The first kappa shape index (κ1) is 10.2. The van der Waals surface area contributed by atoms with Gasteiger partial charge in [-0.3, -0.25) is 9.63 Å². The van der Waals surface area contributed by atoms with Crippen molar-refractivity contribution in [2.24, 2.45) is 0 Å². The number of carbonyl (C=O) groups excluding carboxylic acids is 1. The van der Waals surface area contributed by atoms with Crippen LogP contribution in [0.1, 0.15) is 16.4 Å². The molecular weight excluding hydrogens is 240 g/mol. The summed E-state index contributed by atoms with van der Waals surface area (Å²) in [6, 6.07) is 0. The fourth-order valence-corrected chi connectivity index (χ4v) is 1.26. The predicted molar refractivity (Wildman–Crippen MR) is 48.0 cm³/mol. The molecule has 0 aliphatic rings. The Morgan fingerprint density at radius 1 is 1.69 bits per heavy atom. The molecule has 6 heteroatoms. The minimum atomic E-state index is -0.355. The van der Waals surface area contributed by atoms with E-state index in [1.165, 1.54) is 14.2 Å². The van der Waals surface area contributed by atoms with E-state index in [9.17, 15) is 4.79 Å². The quantitative estimate of drug-likeness (QED) is 0.743. The number of carbonyl (C=O) groups is 1. The van der Waals surface area contributed by atoms with Crippen LogP contribution in [-0.2, 0) is 4.84 Å². The first-order valence-corrected chi connectivity index (χ1v) is 4.30. The molecule has 13 heavy (non-hydrogen) atoms. The number of hydroxylamine groups is 2. The highest BCUT2D eigenvalue weighted by Crippen LogP contribution is 2.18. The van der Waals surface area contributed by atoms with Gasteiger partial charge in [-0.25, -0.2) is 10.0 Å². The number of amides is 1. The van der Waals surface area contributed by atoms with Crippen molar-refractivity contribution in [3.05, 3.63) is 16.3 Å². The predicted octanol–water partition coefficient (Wildman–Crippen LogP) is 1.38. The van der Waals surface area contributed by atoms with E-state index < -0.39 is 0 Å². The summed E-state index contributed by atoms with van der Waals surface area (Å²) in [7, 11) is 2.90. The second-order valence-corrected chi connectivity index (χ2v) is 3.06. The highest BCUT2D eigenvalue weighted by molar-refractivity contribution is 9.10. The number of aromatic nitrogens is 1. The van der Waals surface area contributed by atoms with Crippen LogP contribution in [0.2, 0.25) is 0 Å². The average molecular weight is 249 g/mol. The van der Waals surface area contributed by atoms with E-state index in [0.29, 0.717) is 10.6 Å². The van der Waals surface area contributed by atoms with Crippen LogP contribution in [-0.4, -0.2) is 30.1 Å². The maximum atomic E-state index is 11.5. The number of aryl methyl sites for hydroxylation is 1. The van der Waals surface area contributed by atoms with Gasteiger partial charge in [0, 0.05) is 14.0 Å². The zero-order valence-corrected chi connectivity index (χ0v) is 9.08. The highest BCUT2D eigenvalue weighted by atomic mass is 79.9. The molecule has 72 valence electrons. The van der Waals surface area contributed by atoms with E-state index >= 15 is 0 Å². The molecule has 1 aromatic rings. The van der Waals surface area contributed by atoms with Gasteiger partial charge in [0.25, 0.3) is 5.91 Å². The van der Waals surface area contributed by atoms with Crippen LogP contribution in [0.15, 0.2) is 9.09 Å². The SMILES string of the molecule is CON(C)C(=O)c1nc(C)oc1Br. The maximum Gasteiger partial charge on any atom is 0.300 e. The van der Waals surface area contributed by atoms with Crippen LogP contribution >= 0.6 is 15.9 Å². The van der Waals surface area contributed by atoms with Crippen molar-refractivity contribution >= 4 is 21.8 Å². The minimum Gasteiger partial charge on any atom is -0.433 e. The molecule has 0 radical (unpaired) electrons. The maximum absolute atomic E-state index is 11.5. The lowest BCUT2D eigenvalue weighted by atomic mass is 10.4. The number of hydrogen-bond acceptors (Lipinski definition) is 4. The molecule has 0 aromatic carbocycles. The van der Waals surface area contributed by atoms with E-state index in [2.05, 4.69) is 20.9 Å². The monoisotopic (exact) mass is 248 g/mol. The summed E-state index contributed by atoms with van der Waals surface area (Å²) < 4.78 is 5.35. The summed E-state index contributed by atoms with van der Waals surface area (Å²) in [5, 5.41) is 1.07. The zero-order chi connectivity index (χ0) is 10.0. The van der Waals surface area contributed by atoms with Gasteiger partial charge < -0.3 is 4.42 Å². The van der Waals surface area contributed by atoms with Crippen molar-refractivity contribution in [3.8, 4) is 0 Å². The molecule has 1 heterocycles. The van der Waals surface area contributed by atoms with E-state index in [0.717, 1.165) is 5.06 Å². The summed E-state index contributed by atoms with van der Waals surface area (Å²) in [4.78, 5) is 20.1. The fourth-order valence-electron chi connectivity index (χ4n) is 0.766. The second-order valence-electron chi connectivity index (χ2n) is 2.34. The van der Waals surface area contributed by atoms with Crippen molar-refractivity contribution in [1.29, 1.82) is 0 Å². The summed E-state index contributed by atoms with van der Waals surface area (Å²) >= 11 is 3.08. The molecule has 0 saturated carbocycles. The van der Waals surface area contributed by atoms with Gasteiger partial charge in [0.2, 0.25) is 4.67 Å². The smallest absolute Gasteiger partial charge is 0.300 e. The molecule has 0 aliphatic heterocycles. The van der Waals surface area contributed by atoms with Crippen molar-refractivity contribution in [2.75, 3.05) is 14.2 Å². The fraction of sp³-hybridized carbons (Fsp3) is 0.429. The lowest BCUT2D eigenvalue weighted by Crippen LogP contribution is -2.25. The number of oxazole rings is 1. The Morgan fingerprint density at radius 3 is 2.69 bits per heavy atom. The molecule has 5 nitrogen and oxygen atoms in total. The highest BCUT2D eigenvalue weighted by Gasteiger charge is 2.20. The molecule has 0 atom stereocenters.